The molecule has 4 heterocycles. The van der Waals surface area contributed by atoms with Gasteiger partial charge in [0.15, 0.2) is 0 Å². The number of nitrogens with one attached hydrogen (secondary N) is 1. The van der Waals surface area contributed by atoms with Gasteiger partial charge in [-0.15, -0.1) is 0 Å². The third kappa shape index (κ3) is 3.81. The number of halogens is 2. The topological polar surface area (TPSA) is 84.4 Å². The smallest absolute Gasteiger partial charge is 0.258 e. The van der Waals surface area contributed by atoms with Crippen molar-refractivity contribution in [3.8, 4) is 11.3 Å². The molecule has 2 aliphatic rings. The van der Waals surface area contributed by atoms with Crippen LogP contribution in [0, 0.1) is 11.6 Å². The minimum absolute atomic E-state index is 0.124. The van der Waals surface area contributed by atoms with E-state index in [1.807, 2.05) is 0 Å². The number of nitrogens with zero attached hydrogens (tertiary/aromatic N) is 3. The second-order valence-electron chi connectivity index (χ2n) is 8.77. The van der Waals surface area contributed by atoms with Gasteiger partial charge < -0.3 is 15.0 Å². The lowest BCUT2D eigenvalue weighted by molar-refractivity contribution is -0.144. The molecule has 2 aromatic heterocycles. The molecule has 0 bridgehead atoms. The van der Waals surface area contributed by atoms with Crippen molar-refractivity contribution in [1.29, 1.82) is 0 Å². The second kappa shape index (κ2) is 8.25. The first-order chi connectivity index (χ1) is 16.2. The molecule has 5 rings (SSSR count). The van der Waals surface area contributed by atoms with Gasteiger partial charge in [0, 0.05) is 18.7 Å². The molecule has 1 saturated heterocycles. The van der Waals surface area contributed by atoms with Gasteiger partial charge >= 0.3 is 0 Å². The minimum Gasteiger partial charge on any atom is -0.364 e. The molecule has 0 unspecified atom stereocenters. The number of rotatable bonds is 4. The third-order valence-electron chi connectivity index (χ3n) is 6.07. The van der Waals surface area contributed by atoms with E-state index in [-0.39, 0.29) is 36.0 Å². The summed E-state index contributed by atoms with van der Waals surface area (Å²) < 4.78 is 34.4. The number of hydrogen-bond acceptors (Lipinski definition) is 5. The number of carbonyl (C=O) groups is 2. The highest BCUT2D eigenvalue weighted by molar-refractivity contribution is 6.00. The third-order valence-corrected chi connectivity index (χ3v) is 6.07. The molecule has 1 aromatic carbocycles. The monoisotopic (exact) mass is 464 g/mol. The molecule has 1 N–H and O–H groups in total. The fraction of sp³-hybridized carbons (Fsp3) is 0.280. The summed E-state index contributed by atoms with van der Waals surface area (Å²) in [6.45, 7) is 4.50. The first-order valence-corrected chi connectivity index (χ1v) is 10.9. The molecule has 0 aliphatic carbocycles. The predicted octanol–water partition coefficient (Wildman–Crippen LogP) is 3.40. The van der Waals surface area contributed by atoms with E-state index in [1.165, 1.54) is 24.3 Å². The van der Waals surface area contributed by atoms with Crippen LogP contribution in [0.5, 0.6) is 0 Å². The van der Waals surface area contributed by atoms with Gasteiger partial charge in [-0.1, -0.05) is 6.07 Å². The fourth-order valence-electron chi connectivity index (χ4n) is 4.33. The predicted molar refractivity (Wildman–Crippen MR) is 120 cm³/mol. The lowest BCUT2D eigenvalue weighted by atomic mass is 9.98. The number of fused-ring (bicyclic) bond motifs is 1. The largest absolute Gasteiger partial charge is 0.364 e. The van der Waals surface area contributed by atoms with Gasteiger partial charge in [-0.05, 0) is 49.7 Å². The summed E-state index contributed by atoms with van der Waals surface area (Å²) in [6.07, 6.45) is 1.86. The van der Waals surface area contributed by atoms with Crippen molar-refractivity contribution >= 4 is 17.5 Å². The van der Waals surface area contributed by atoms with E-state index < -0.39 is 17.2 Å². The molecule has 2 aliphatic heterocycles. The van der Waals surface area contributed by atoms with Crippen molar-refractivity contribution in [2.45, 2.75) is 32.4 Å². The van der Waals surface area contributed by atoms with Gasteiger partial charge in [0.1, 0.15) is 17.2 Å². The Hall–Kier alpha value is -3.72. The van der Waals surface area contributed by atoms with Crippen molar-refractivity contribution in [2.75, 3.05) is 18.1 Å². The van der Waals surface area contributed by atoms with E-state index in [0.29, 0.717) is 41.4 Å². The summed E-state index contributed by atoms with van der Waals surface area (Å²) >= 11 is 0. The molecular formula is C25H22F2N4O3. The van der Waals surface area contributed by atoms with E-state index in [1.54, 1.807) is 37.1 Å². The number of aromatic nitrogens is 2. The molecule has 9 heteroatoms. The molecular weight excluding hydrogens is 442 g/mol. The van der Waals surface area contributed by atoms with Gasteiger partial charge in [-0.3, -0.25) is 14.6 Å². The zero-order valence-corrected chi connectivity index (χ0v) is 18.7. The zero-order valence-electron chi connectivity index (χ0n) is 18.7. The second-order valence-corrected chi connectivity index (χ2v) is 8.77. The highest BCUT2D eigenvalue weighted by Gasteiger charge is 2.37. The van der Waals surface area contributed by atoms with Crippen LogP contribution in [-0.2, 0) is 22.5 Å². The molecule has 7 nitrogen and oxygen atoms in total. The molecule has 3 aromatic rings. The minimum atomic E-state index is -0.903. The Kier molecular flexibility index (Phi) is 5.36. The normalized spacial score (nSPS) is 17.0. The van der Waals surface area contributed by atoms with Gasteiger partial charge in [-0.25, -0.2) is 13.8 Å². The lowest BCUT2D eigenvalue weighted by Crippen LogP contribution is -2.53. The Bertz CT molecular complexity index is 1290. The quantitative estimate of drug-likeness (QED) is 0.640. The van der Waals surface area contributed by atoms with Crippen LogP contribution < -0.4 is 10.2 Å². The van der Waals surface area contributed by atoms with Crippen LogP contribution in [0.3, 0.4) is 0 Å². The molecule has 1 fully saturated rings. The van der Waals surface area contributed by atoms with Crippen LogP contribution in [0.2, 0.25) is 0 Å². The van der Waals surface area contributed by atoms with E-state index in [9.17, 15) is 18.4 Å². The summed E-state index contributed by atoms with van der Waals surface area (Å²) in [7, 11) is 0. The van der Waals surface area contributed by atoms with E-state index in [4.69, 9.17) is 4.74 Å². The Morgan fingerprint density at radius 2 is 1.88 bits per heavy atom. The standard InChI is InChI=1S/C25H22F2N4O3/c1-25(2)24(33)31(8-9-34-25)16-7-6-15(28-12-16)10-14-11-19(22-17(26)4-3-5-18(22)27)30-20-13-29-23(32)21(14)20/h3-7,11-12H,8-10,13H2,1-2H3,(H,29,32). The van der Waals surface area contributed by atoms with Crippen LogP contribution in [0.1, 0.15) is 41.2 Å². The van der Waals surface area contributed by atoms with E-state index in [2.05, 4.69) is 15.3 Å². The number of hydrogen-bond donors (Lipinski definition) is 1. The fourth-order valence-corrected chi connectivity index (χ4v) is 4.33. The molecule has 174 valence electrons. The number of benzene rings is 1. The van der Waals surface area contributed by atoms with Gasteiger partial charge in [0.05, 0.1) is 47.6 Å². The zero-order chi connectivity index (χ0) is 24.0. The van der Waals surface area contributed by atoms with Crippen LogP contribution in [0.25, 0.3) is 11.3 Å². The van der Waals surface area contributed by atoms with Crippen molar-refractivity contribution in [2.24, 2.45) is 0 Å². The van der Waals surface area contributed by atoms with E-state index in [0.717, 1.165) is 0 Å². The van der Waals surface area contributed by atoms with Crippen molar-refractivity contribution in [3.05, 3.63) is 76.7 Å². The van der Waals surface area contributed by atoms with Crippen molar-refractivity contribution < 1.29 is 23.1 Å². The maximum atomic E-state index is 14.4. The molecule has 0 saturated carbocycles. The SMILES string of the molecule is CC1(C)OCCN(c2ccc(Cc3cc(-c4c(F)cccc4F)nc4c3C(=O)NC4)nc2)C1=O. The Morgan fingerprint density at radius 3 is 2.59 bits per heavy atom. The van der Waals surface area contributed by atoms with Gasteiger partial charge in [0.25, 0.3) is 11.8 Å². The van der Waals surface area contributed by atoms with Gasteiger partial charge in [-0.2, -0.15) is 0 Å². The Morgan fingerprint density at radius 1 is 1.12 bits per heavy atom. The van der Waals surface area contributed by atoms with Crippen LogP contribution >= 0.6 is 0 Å². The maximum Gasteiger partial charge on any atom is 0.258 e. The maximum absolute atomic E-state index is 14.4. The number of morpholine rings is 1. The molecule has 0 atom stereocenters. The van der Waals surface area contributed by atoms with E-state index >= 15 is 0 Å². The average Bonchev–Trinajstić information content (AvgIpc) is 3.17. The summed E-state index contributed by atoms with van der Waals surface area (Å²) in [5, 5.41) is 2.72. The first-order valence-electron chi connectivity index (χ1n) is 10.9. The Balaban J connectivity index is 1.48. The molecule has 0 spiro atoms. The number of carbonyl (C=O) groups excluding carboxylic acids is 2. The number of pyridine rings is 2. The highest BCUT2D eigenvalue weighted by Crippen LogP contribution is 2.30. The average molecular weight is 464 g/mol. The number of ether oxygens (including phenoxy) is 1. The number of amides is 2. The summed E-state index contributed by atoms with van der Waals surface area (Å²) in [4.78, 5) is 35.6. The molecule has 0 radical (unpaired) electrons. The number of anilines is 1. The van der Waals surface area contributed by atoms with Gasteiger partial charge in [0.2, 0.25) is 0 Å². The molecule has 34 heavy (non-hydrogen) atoms. The summed E-state index contributed by atoms with van der Waals surface area (Å²) in [5.41, 5.74) is 1.69. The van der Waals surface area contributed by atoms with Crippen LogP contribution in [0.15, 0.2) is 42.6 Å². The highest BCUT2D eigenvalue weighted by atomic mass is 19.1. The summed E-state index contributed by atoms with van der Waals surface area (Å²) in [5.74, 6) is -1.88. The van der Waals surface area contributed by atoms with Crippen molar-refractivity contribution in [3.63, 3.8) is 0 Å². The van der Waals surface area contributed by atoms with Crippen LogP contribution in [-0.4, -0.2) is 40.5 Å². The molecule has 2 amide bonds. The summed E-state index contributed by atoms with van der Waals surface area (Å²) in [6, 6.07) is 8.73. The lowest BCUT2D eigenvalue weighted by Gasteiger charge is -2.37. The first kappa shape index (κ1) is 22.1. The van der Waals surface area contributed by atoms with Crippen molar-refractivity contribution in [1.82, 2.24) is 15.3 Å². The van der Waals surface area contributed by atoms with Crippen LogP contribution in [0.4, 0.5) is 14.5 Å². The Labute approximate surface area is 194 Å².